The van der Waals surface area contributed by atoms with E-state index >= 15 is 0 Å². The van der Waals surface area contributed by atoms with Gasteiger partial charge in [0.1, 0.15) is 0 Å². The van der Waals surface area contributed by atoms with Crippen molar-refractivity contribution in [2.45, 2.75) is 37.8 Å². The van der Waals surface area contributed by atoms with E-state index < -0.39 is 0 Å². The van der Waals surface area contributed by atoms with Crippen molar-refractivity contribution in [3.8, 4) is 0 Å². The lowest BCUT2D eigenvalue weighted by atomic mass is 10.1. The number of carbonyl (C=O) groups excluding carboxylic acids is 1. The van der Waals surface area contributed by atoms with Gasteiger partial charge in [0, 0.05) is 25.6 Å². The Kier molecular flexibility index (Phi) is 4.83. The van der Waals surface area contributed by atoms with Gasteiger partial charge in [0.05, 0.1) is 25.2 Å². The van der Waals surface area contributed by atoms with Gasteiger partial charge in [-0.15, -0.1) is 0 Å². The molecule has 1 aromatic rings. The molecule has 5 nitrogen and oxygen atoms in total. The molecule has 2 atom stereocenters. The van der Waals surface area contributed by atoms with E-state index in [1.165, 1.54) is 12.8 Å². The van der Waals surface area contributed by atoms with Crippen molar-refractivity contribution in [1.82, 2.24) is 10.3 Å². The summed E-state index contributed by atoms with van der Waals surface area (Å²) in [7, 11) is 0. The number of aromatic nitrogens is 1. The van der Waals surface area contributed by atoms with Crippen molar-refractivity contribution >= 4 is 5.91 Å². The normalized spacial score (nSPS) is 25.5. The summed E-state index contributed by atoms with van der Waals surface area (Å²) in [5.41, 5.74) is 0.967. The minimum atomic E-state index is -0.0353. The Hall–Kier alpha value is -1.46. The molecule has 1 saturated carbocycles. The molecule has 2 heterocycles. The second-order valence-electron chi connectivity index (χ2n) is 5.88. The molecule has 1 N–H and O–H groups in total. The van der Waals surface area contributed by atoms with Gasteiger partial charge in [0.15, 0.2) is 0 Å². The van der Waals surface area contributed by atoms with E-state index in [9.17, 15) is 4.79 Å². The third-order valence-corrected chi connectivity index (χ3v) is 4.00. The van der Waals surface area contributed by atoms with E-state index in [2.05, 4.69) is 10.3 Å². The molecule has 1 aliphatic heterocycles. The molecule has 1 amide bonds. The van der Waals surface area contributed by atoms with Gasteiger partial charge in [-0.2, -0.15) is 0 Å². The summed E-state index contributed by atoms with van der Waals surface area (Å²) in [6.07, 6.45) is 7.27. The van der Waals surface area contributed by atoms with Crippen molar-refractivity contribution in [3.05, 3.63) is 30.1 Å². The third-order valence-electron chi connectivity index (χ3n) is 4.00. The van der Waals surface area contributed by atoms with E-state index in [-0.39, 0.29) is 18.1 Å². The first-order valence-corrected chi connectivity index (χ1v) is 7.69. The van der Waals surface area contributed by atoms with Crippen LogP contribution in [0, 0.1) is 5.92 Å². The maximum Gasteiger partial charge on any atom is 0.224 e. The maximum absolute atomic E-state index is 12.1. The quantitative estimate of drug-likeness (QED) is 0.858. The summed E-state index contributed by atoms with van der Waals surface area (Å²) < 4.78 is 11.4. The van der Waals surface area contributed by atoms with E-state index in [0.717, 1.165) is 24.5 Å². The van der Waals surface area contributed by atoms with E-state index in [4.69, 9.17) is 9.47 Å². The molecular weight excluding hydrogens is 268 g/mol. The zero-order chi connectivity index (χ0) is 14.5. The first kappa shape index (κ1) is 14.5. The number of ether oxygens (including phenoxy) is 2. The molecule has 1 aromatic heterocycles. The molecule has 3 rings (SSSR count). The lowest BCUT2D eigenvalue weighted by Gasteiger charge is -2.32. The second-order valence-corrected chi connectivity index (χ2v) is 5.88. The summed E-state index contributed by atoms with van der Waals surface area (Å²) in [6, 6.07) is 3.68. The Morgan fingerprint density at radius 2 is 2.14 bits per heavy atom. The molecular formula is C16H22N2O3. The lowest BCUT2D eigenvalue weighted by Crippen LogP contribution is -2.51. The van der Waals surface area contributed by atoms with Crippen LogP contribution in [0.3, 0.4) is 0 Å². The molecule has 0 aromatic carbocycles. The summed E-state index contributed by atoms with van der Waals surface area (Å²) >= 11 is 0. The SMILES string of the molecule is O=C(Cc1ccncc1)N[C@@H]1COCC[C@@H]1OCC1CC1. The molecule has 0 radical (unpaired) electrons. The molecule has 114 valence electrons. The predicted molar refractivity (Wildman–Crippen MR) is 77.8 cm³/mol. The molecule has 1 saturated heterocycles. The molecule has 0 spiro atoms. The number of rotatable bonds is 6. The third kappa shape index (κ3) is 4.51. The van der Waals surface area contributed by atoms with E-state index in [1.807, 2.05) is 12.1 Å². The van der Waals surface area contributed by atoms with Crippen LogP contribution in [0.5, 0.6) is 0 Å². The molecule has 2 aliphatic rings. The number of pyridine rings is 1. The second kappa shape index (κ2) is 7.00. The number of hydrogen-bond acceptors (Lipinski definition) is 4. The lowest BCUT2D eigenvalue weighted by molar-refractivity contribution is -0.125. The molecule has 1 aliphatic carbocycles. The highest BCUT2D eigenvalue weighted by Gasteiger charge is 2.30. The van der Waals surface area contributed by atoms with Crippen molar-refractivity contribution < 1.29 is 14.3 Å². The maximum atomic E-state index is 12.1. The van der Waals surface area contributed by atoms with Crippen LogP contribution in [-0.4, -0.2) is 42.9 Å². The van der Waals surface area contributed by atoms with Gasteiger partial charge in [-0.1, -0.05) is 0 Å². The van der Waals surface area contributed by atoms with Crippen LogP contribution in [0.2, 0.25) is 0 Å². The average molecular weight is 290 g/mol. The number of carbonyl (C=O) groups is 1. The topological polar surface area (TPSA) is 60.5 Å². The molecule has 0 bridgehead atoms. The van der Waals surface area contributed by atoms with Gasteiger partial charge in [-0.3, -0.25) is 9.78 Å². The standard InChI is InChI=1S/C16H22N2O3/c19-16(9-12-3-6-17-7-4-12)18-14-11-20-8-5-15(14)21-10-13-1-2-13/h3-4,6-7,13-15H,1-2,5,8-11H2,(H,18,19)/t14-,15+/m1/s1. The summed E-state index contributed by atoms with van der Waals surface area (Å²) in [5.74, 6) is 0.748. The Labute approximate surface area is 125 Å². The molecule has 0 unspecified atom stereocenters. The summed E-state index contributed by atoms with van der Waals surface area (Å²) in [5, 5.41) is 3.05. The first-order valence-electron chi connectivity index (χ1n) is 7.69. The van der Waals surface area contributed by atoms with Crippen molar-refractivity contribution in [2.75, 3.05) is 19.8 Å². The Morgan fingerprint density at radius 1 is 1.33 bits per heavy atom. The zero-order valence-electron chi connectivity index (χ0n) is 12.2. The van der Waals surface area contributed by atoms with Gasteiger partial charge < -0.3 is 14.8 Å². The van der Waals surface area contributed by atoms with Gasteiger partial charge in [-0.05, 0) is 42.9 Å². The van der Waals surface area contributed by atoms with Crippen molar-refractivity contribution in [2.24, 2.45) is 5.92 Å². The highest BCUT2D eigenvalue weighted by Crippen LogP contribution is 2.30. The number of nitrogens with zero attached hydrogens (tertiary/aromatic N) is 1. The van der Waals surface area contributed by atoms with Crippen molar-refractivity contribution in [1.29, 1.82) is 0 Å². The van der Waals surface area contributed by atoms with Gasteiger partial charge >= 0.3 is 0 Å². The Bertz CT molecular complexity index is 462. The number of hydrogen-bond donors (Lipinski definition) is 1. The smallest absolute Gasteiger partial charge is 0.224 e. The Balaban J connectivity index is 1.49. The largest absolute Gasteiger partial charge is 0.379 e. The average Bonchev–Trinajstić information content (AvgIpc) is 3.31. The summed E-state index contributed by atoms with van der Waals surface area (Å²) in [4.78, 5) is 16.1. The fourth-order valence-corrected chi connectivity index (χ4v) is 2.54. The fraction of sp³-hybridized carbons (Fsp3) is 0.625. The highest BCUT2D eigenvalue weighted by atomic mass is 16.5. The van der Waals surface area contributed by atoms with Crippen LogP contribution in [-0.2, 0) is 20.7 Å². The van der Waals surface area contributed by atoms with Crippen LogP contribution in [0.25, 0.3) is 0 Å². The first-order chi connectivity index (χ1) is 10.3. The minimum absolute atomic E-state index is 0.0109. The Morgan fingerprint density at radius 3 is 2.90 bits per heavy atom. The molecule has 21 heavy (non-hydrogen) atoms. The number of amides is 1. The van der Waals surface area contributed by atoms with Crippen LogP contribution in [0.1, 0.15) is 24.8 Å². The zero-order valence-corrected chi connectivity index (χ0v) is 12.2. The monoisotopic (exact) mass is 290 g/mol. The van der Waals surface area contributed by atoms with Crippen LogP contribution in [0.15, 0.2) is 24.5 Å². The number of nitrogens with one attached hydrogen (secondary N) is 1. The van der Waals surface area contributed by atoms with Crippen molar-refractivity contribution in [3.63, 3.8) is 0 Å². The van der Waals surface area contributed by atoms with E-state index in [1.54, 1.807) is 12.4 Å². The summed E-state index contributed by atoms with van der Waals surface area (Å²) in [6.45, 7) is 2.07. The van der Waals surface area contributed by atoms with Gasteiger partial charge in [0.2, 0.25) is 5.91 Å². The molecule has 5 heteroatoms. The molecule has 2 fully saturated rings. The minimum Gasteiger partial charge on any atom is -0.379 e. The highest BCUT2D eigenvalue weighted by molar-refractivity contribution is 5.78. The van der Waals surface area contributed by atoms with Crippen LogP contribution < -0.4 is 5.32 Å². The fourth-order valence-electron chi connectivity index (χ4n) is 2.54. The van der Waals surface area contributed by atoms with Crippen LogP contribution >= 0.6 is 0 Å². The predicted octanol–water partition coefficient (Wildman–Crippen LogP) is 1.32. The van der Waals surface area contributed by atoms with Crippen LogP contribution in [0.4, 0.5) is 0 Å². The van der Waals surface area contributed by atoms with Gasteiger partial charge in [-0.25, -0.2) is 0 Å². The van der Waals surface area contributed by atoms with E-state index in [0.29, 0.717) is 19.6 Å². The van der Waals surface area contributed by atoms with Gasteiger partial charge in [0.25, 0.3) is 0 Å².